The van der Waals surface area contributed by atoms with E-state index in [0.29, 0.717) is 19.8 Å². The van der Waals surface area contributed by atoms with E-state index in [4.69, 9.17) is 9.47 Å². The van der Waals surface area contributed by atoms with Gasteiger partial charge in [-0.3, -0.25) is 9.80 Å². The molecule has 5 aliphatic rings. The molecule has 0 saturated carbocycles. The number of aryl methyl sites for hydroxylation is 1. The van der Waals surface area contributed by atoms with Crippen molar-refractivity contribution in [1.29, 1.82) is 0 Å². The Labute approximate surface area is 215 Å². The van der Waals surface area contributed by atoms with Crippen molar-refractivity contribution in [2.24, 2.45) is 11.3 Å². The molecule has 2 bridgehead atoms. The molecule has 1 unspecified atom stereocenters. The number of piperazine rings is 1. The van der Waals surface area contributed by atoms with Gasteiger partial charge in [0, 0.05) is 55.4 Å². The summed E-state index contributed by atoms with van der Waals surface area (Å²) < 4.78 is 13.6. The minimum atomic E-state index is -0.264. The monoisotopic (exact) mass is 494 g/mol. The van der Waals surface area contributed by atoms with Crippen molar-refractivity contribution >= 4 is 5.69 Å². The fraction of sp³-hybridized carbons (Fsp3) is 0.714. The average Bonchev–Trinajstić information content (AvgIpc) is 3.35. The van der Waals surface area contributed by atoms with Crippen molar-refractivity contribution in [3.63, 3.8) is 0 Å². The van der Waals surface area contributed by atoms with Crippen LogP contribution in [0.5, 0.6) is 0 Å². The van der Waals surface area contributed by atoms with Crippen LogP contribution in [-0.4, -0.2) is 96.2 Å². The first-order valence-electron chi connectivity index (χ1n) is 13.9. The summed E-state index contributed by atoms with van der Waals surface area (Å²) >= 11 is 0. The number of hydrogen-bond acceptors (Lipinski definition) is 7. The van der Waals surface area contributed by atoms with Crippen LogP contribution in [0, 0.1) is 18.3 Å². The molecule has 0 amide bonds. The lowest BCUT2D eigenvalue weighted by atomic mass is 9.83. The molecule has 0 N–H and O–H groups in total. The Balaban J connectivity index is 1.03. The Bertz CT molecular complexity index is 1030. The standard InChI is InChI=1S/C28H42N6O2/c1-21-14-23(33-12-10-31(11-13-33)16-24-15-22-6-8-32(24)9-7-22)4-5-25(21)26-17-34(30-29-26)18-27-35-19-28(2,3)20-36-27/h4-5,14,17,22,24,27H,6-13,15-16,18-20H2,1-3H3. The molecule has 1 atom stereocenters. The van der Waals surface area contributed by atoms with Gasteiger partial charge < -0.3 is 14.4 Å². The van der Waals surface area contributed by atoms with Gasteiger partial charge in [-0.15, -0.1) is 5.10 Å². The molecule has 5 saturated heterocycles. The van der Waals surface area contributed by atoms with Gasteiger partial charge in [0.1, 0.15) is 5.69 Å². The van der Waals surface area contributed by atoms with E-state index in [0.717, 1.165) is 49.4 Å². The Morgan fingerprint density at radius 2 is 1.72 bits per heavy atom. The van der Waals surface area contributed by atoms with Crippen LogP contribution in [0.25, 0.3) is 11.3 Å². The smallest absolute Gasteiger partial charge is 0.177 e. The van der Waals surface area contributed by atoms with E-state index in [-0.39, 0.29) is 11.7 Å². The van der Waals surface area contributed by atoms with E-state index in [1.807, 2.05) is 10.9 Å². The molecule has 0 radical (unpaired) electrons. The molecule has 8 heteroatoms. The van der Waals surface area contributed by atoms with Crippen LogP contribution in [0.1, 0.15) is 38.7 Å². The lowest BCUT2D eigenvalue weighted by Gasteiger charge is -2.48. The van der Waals surface area contributed by atoms with Crippen LogP contribution in [0.4, 0.5) is 5.69 Å². The van der Waals surface area contributed by atoms with Crippen molar-refractivity contribution in [2.75, 3.05) is 63.9 Å². The fourth-order valence-corrected chi connectivity index (χ4v) is 6.39. The van der Waals surface area contributed by atoms with Crippen LogP contribution in [0.3, 0.4) is 0 Å². The molecule has 2 aromatic rings. The molecule has 0 aliphatic carbocycles. The van der Waals surface area contributed by atoms with Gasteiger partial charge in [-0.25, -0.2) is 4.68 Å². The van der Waals surface area contributed by atoms with Gasteiger partial charge in [0.25, 0.3) is 0 Å². The van der Waals surface area contributed by atoms with E-state index in [2.05, 4.69) is 64.0 Å². The predicted molar refractivity (Wildman–Crippen MR) is 141 cm³/mol. The Morgan fingerprint density at radius 1 is 0.972 bits per heavy atom. The first-order chi connectivity index (χ1) is 17.4. The Hall–Kier alpha value is -2.00. The highest BCUT2D eigenvalue weighted by atomic mass is 16.7. The molecule has 8 nitrogen and oxygen atoms in total. The number of fused-ring (bicyclic) bond motifs is 3. The second-order valence-corrected chi connectivity index (χ2v) is 12.2. The van der Waals surface area contributed by atoms with Gasteiger partial charge in [-0.1, -0.05) is 25.1 Å². The molecular weight excluding hydrogens is 452 g/mol. The van der Waals surface area contributed by atoms with Crippen LogP contribution in [-0.2, 0) is 16.0 Å². The van der Waals surface area contributed by atoms with Crippen molar-refractivity contribution in [3.05, 3.63) is 30.0 Å². The van der Waals surface area contributed by atoms with Gasteiger partial charge in [-0.05, 0) is 62.9 Å². The highest BCUT2D eigenvalue weighted by Crippen LogP contribution is 2.33. The van der Waals surface area contributed by atoms with Gasteiger partial charge in [-0.2, -0.15) is 0 Å². The highest BCUT2D eigenvalue weighted by Gasteiger charge is 2.35. The summed E-state index contributed by atoms with van der Waals surface area (Å²) in [6, 6.07) is 7.55. The number of benzene rings is 1. The number of rotatable bonds is 6. The largest absolute Gasteiger partial charge is 0.369 e. The van der Waals surface area contributed by atoms with Crippen molar-refractivity contribution < 1.29 is 9.47 Å². The van der Waals surface area contributed by atoms with Crippen LogP contribution in [0.2, 0.25) is 0 Å². The Kier molecular flexibility index (Phi) is 6.79. The summed E-state index contributed by atoms with van der Waals surface area (Å²) in [5, 5.41) is 8.78. The summed E-state index contributed by atoms with van der Waals surface area (Å²) in [6.07, 6.45) is 6.02. The highest BCUT2D eigenvalue weighted by molar-refractivity contribution is 5.67. The fourth-order valence-electron chi connectivity index (χ4n) is 6.39. The SMILES string of the molecule is Cc1cc(N2CCN(CC3CC4CCN3CC4)CC2)ccc1-c1cn(CC2OCC(C)(C)CO2)nn1. The van der Waals surface area contributed by atoms with Crippen molar-refractivity contribution in [1.82, 2.24) is 24.8 Å². The molecule has 1 aromatic heterocycles. The maximum Gasteiger partial charge on any atom is 0.177 e. The Morgan fingerprint density at radius 3 is 2.39 bits per heavy atom. The quantitative estimate of drug-likeness (QED) is 0.611. The van der Waals surface area contributed by atoms with E-state index < -0.39 is 0 Å². The molecule has 5 aliphatic heterocycles. The van der Waals surface area contributed by atoms with Crippen LogP contribution in [0.15, 0.2) is 24.4 Å². The third-order valence-electron chi connectivity index (χ3n) is 8.66. The lowest BCUT2D eigenvalue weighted by Crippen LogP contribution is -2.56. The number of hydrogen-bond donors (Lipinski definition) is 0. The molecule has 7 rings (SSSR count). The zero-order chi connectivity index (χ0) is 24.7. The summed E-state index contributed by atoms with van der Waals surface area (Å²) in [5.41, 5.74) is 4.66. The lowest BCUT2D eigenvalue weighted by molar-refractivity contribution is -0.227. The molecule has 1 aromatic carbocycles. The zero-order valence-corrected chi connectivity index (χ0v) is 22.2. The number of aromatic nitrogens is 3. The van der Waals surface area contributed by atoms with Crippen LogP contribution >= 0.6 is 0 Å². The third kappa shape index (κ3) is 5.32. The van der Waals surface area contributed by atoms with Crippen molar-refractivity contribution in [2.45, 2.75) is 58.9 Å². The zero-order valence-electron chi connectivity index (χ0n) is 22.2. The molecule has 6 heterocycles. The molecule has 0 spiro atoms. The summed E-state index contributed by atoms with van der Waals surface area (Å²) in [6.45, 7) is 16.9. The maximum absolute atomic E-state index is 5.86. The molecular formula is C28H42N6O2. The normalized spacial score (nSPS) is 29.1. The minimum absolute atomic E-state index is 0.0722. The first kappa shape index (κ1) is 24.3. The van der Waals surface area contributed by atoms with Crippen LogP contribution < -0.4 is 4.90 Å². The van der Waals surface area contributed by atoms with E-state index >= 15 is 0 Å². The summed E-state index contributed by atoms with van der Waals surface area (Å²) in [7, 11) is 0. The molecule has 5 fully saturated rings. The predicted octanol–water partition coefficient (Wildman–Crippen LogP) is 3.26. The van der Waals surface area contributed by atoms with Gasteiger partial charge in [0.2, 0.25) is 0 Å². The van der Waals surface area contributed by atoms with Crippen molar-refractivity contribution in [3.8, 4) is 11.3 Å². The number of ether oxygens (including phenoxy) is 2. The molecule has 36 heavy (non-hydrogen) atoms. The summed E-state index contributed by atoms with van der Waals surface area (Å²) in [4.78, 5) is 7.99. The topological polar surface area (TPSA) is 58.9 Å². The van der Waals surface area contributed by atoms with Gasteiger partial charge >= 0.3 is 0 Å². The van der Waals surface area contributed by atoms with Gasteiger partial charge in [0.05, 0.1) is 26.0 Å². The minimum Gasteiger partial charge on any atom is -0.369 e. The first-order valence-corrected chi connectivity index (χ1v) is 13.9. The number of nitrogens with zero attached hydrogens (tertiary/aromatic N) is 6. The average molecular weight is 495 g/mol. The second kappa shape index (κ2) is 10.0. The van der Waals surface area contributed by atoms with E-state index in [9.17, 15) is 0 Å². The third-order valence-corrected chi connectivity index (χ3v) is 8.66. The molecule has 196 valence electrons. The second-order valence-electron chi connectivity index (χ2n) is 12.2. The van der Waals surface area contributed by atoms with E-state index in [1.165, 1.54) is 50.1 Å². The maximum atomic E-state index is 5.86. The summed E-state index contributed by atoms with van der Waals surface area (Å²) in [5.74, 6) is 0.991. The number of piperidine rings is 3. The number of anilines is 1. The van der Waals surface area contributed by atoms with E-state index in [1.54, 1.807) is 0 Å². The van der Waals surface area contributed by atoms with Gasteiger partial charge in [0.15, 0.2) is 6.29 Å².